The highest BCUT2D eigenvalue weighted by molar-refractivity contribution is 5.76. The van der Waals surface area contributed by atoms with Crippen LogP contribution in [0.3, 0.4) is 0 Å². The predicted molar refractivity (Wildman–Crippen MR) is 155 cm³/mol. The summed E-state index contributed by atoms with van der Waals surface area (Å²) in [5.41, 5.74) is 9.00. The summed E-state index contributed by atoms with van der Waals surface area (Å²) in [7, 11) is 1.99. The molecular weight excluding hydrogens is 460 g/mol. The first-order valence-corrected chi connectivity index (χ1v) is 13.4. The van der Waals surface area contributed by atoms with Crippen LogP contribution in [-0.2, 0) is 6.54 Å². The number of rotatable bonds is 6. The number of nitrogens with one attached hydrogen (secondary N) is 1. The first-order valence-electron chi connectivity index (χ1n) is 13.4. The summed E-state index contributed by atoms with van der Waals surface area (Å²) >= 11 is 0. The molecule has 7 heteroatoms. The van der Waals surface area contributed by atoms with Crippen LogP contribution in [-0.4, -0.2) is 37.9 Å². The maximum atomic E-state index is 4.95. The van der Waals surface area contributed by atoms with Gasteiger partial charge in [-0.3, -0.25) is 0 Å². The average Bonchev–Trinajstić information content (AvgIpc) is 3.64. The van der Waals surface area contributed by atoms with E-state index in [9.17, 15) is 0 Å². The third-order valence-electron chi connectivity index (χ3n) is 5.98. The molecule has 0 spiro atoms. The quantitative estimate of drug-likeness (QED) is 0.263. The van der Waals surface area contributed by atoms with E-state index >= 15 is 0 Å². The van der Waals surface area contributed by atoms with Crippen LogP contribution in [0.15, 0.2) is 59.8 Å². The van der Waals surface area contributed by atoms with Gasteiger partial charge in [-0.15, -0.1) is 0 Å². The molecule has 0 aliphatic rings. The summed E-state index contributed by atoms with van der Waals surface area (Å²) in [6.07, 6.45) is 6.58. The Kier molecular flexibility index (Phi) is 12.0. The largest absolute Gasteiger partial charge is 0.364 e. The molecule has 0 fully saturated rings. The minimum Gasteiger partial charge on any atom is -0.364 e. The van der Waals surface area contributed by atoms with E-state index in [4.69, 9.17) is 4.52 Å². The number of benzene rings is 2. The Bertz CT molecular complexity index is 1350. The molecule has 3 aromatic heterocycles. The number of aryl methyl sites for hydroxylation is 3. The Morgan fingerprint density at radius 2 is 1.46 bits per heavy atom. The van der Waals surface area contributed by atoms with Crippen LogP contribution >= 0.6 is 0 Å². The van der Waals surface area contributed by atoms with Crippen LogP contribution < -0.4 is 5.32 Å². The van der Waals surface area contributed by atoms with E-state index in [1.165, 1.54) is 16.6 Å². The van der Waals surface area contributed by atoms with Crippen molar-refractivity contribution in [2.75, 3.05) is 13.6 Å². The van der Waals surface area contributed by atoms with Crippen LogP contribution in [0.4, 0.5) is 0 Å². The molecule has 0 aliphatic carbocycles. The fraction of sp³-hybridized carbons (Fsp3) is 0.433. The molecular formula is C30H44N6O. The molecule has 0 saturated heterocycles. The average molecular weight is 505 g/mol. The van der Waals surface area contributed by atoms with Gasteiger partial charge in [0.15, 0.2) is 0 Å². The van der Waals surface area contributed by atoms with E-state index in [1.54, 1.807) is 6.26 Å². The normalized spacial score (nSPS) is 11.2. The second kappa shape index (κ2) is 15.0. The highest BCUT2D eigenvalue weighted by Gasteiger charge is 2.11. The number of nitrogens with zero attached hydrogens (tertiary/aromatic N) is 5. The smallest absolute Gasteiger partial charge is 0.127 e. The van der Waals surface area contributed by atoms with Gasteiger partial charge >= 0.3 is 0 Å². The number of hydrogen-bond acceptors (Lipinski definition) is 5. The Morgan fingerprint density at radius 3 is 2.03 bits per heavy atom. The second-order valence-electron chi connectivity index (χ2n) is 8.57. The van der Waals surface area contributed by atoms with Crippen LogP contribution in [0.1, 0.15) is 69.5 Å². The Labute approximate surface area is 221 Å². The summed E-state index contributed by atoms with van der Waals surface area (Å²) in [4.78, 5) is 8.82. The molecule has 0 amide bonds. The summed E-state index contributed by atoms with van der Waals surface area (Å²) in [5, 5.41) is 7.23. The van der Waals surface area contributed by atoms with Gasteiger partial charge in [-0.2, -0.15) is 0 Å². The number of likely N-dealkylation sites (N-methyl/N-ethyl adjacent to an activating group) is 1. The molecule has 5 aromatic rings. The molecule has 0 unspecified atom stereocenters. The molecule has 0 bridgehead atoms. The highest BCUT2D eigenvalue weighted by Crippen LogP contribution is 2.21. The molecule has 0 aliphatic heterocycles. The third kappa shape index (κ3) is 7.52. The van der Waals surface area contributed by atoms with Crippen molar-refractivity contribution in [1.29, 1.82) is 0 Å². The molecule has 5 rings (SSSR count). The second-order valence-corrected chi connectivity index (χ2v) is 8.57. The van der Waals surface area contributed by atoms with Crippen molar-refractivity contribution in [2.45, 2.75) is 74.4 Å². The minimum absolute atomic E-state index is 0.483. The maximum Gasteiger partial charge on any atom is 0.127 e. The lowest BCUT2D eigenvalue weighted by Gasteiger charge is -2.17. The van der Waals surface area contributed by atoms with Crippen molar-refractivity contribution in [3.05, 3.63) is 77.7 Å². The molecule has 37 heavy (non-hydrogen) atoms. The van der Waals surface area contributed by atoms with Crippen molar-refractivity contribution < 1.29 is 4.52 Å². The van der Waals surface area contributed by atoms with Gasteiger partial charge in [-0.1, -0.05) is 51.9 Å². The molecule has 3 heterocycles. The molecule has 200 valence electrons. The minimum atomic E-state index is 0.483. The molecule has 2 aromatic carbocycles. The van der Waals surface area contributed by atoms with Crippen LogP contribution in [0.25, 0.3) is 22.1 Å². The van der Waals surface area contributed by atoms with Crippen molar-refractivity contribution in [3.63, 3.8) is 0 Å². The van der Waals surface area contributed by atoms with Gasteiger partial charge in [0.25, 0.3) is 0 Å². The lowest BCUT2D eigenvalue weighted by molar-refractivity contribution is 0.409. The summed E-state index contributed by atoms with van der Waals surface area (Å²) in [5.74, 6) is 0. The van der Waals surface area contributed by atoms with Gasteiger partial charge in [0, 0.05) is 18.2 Å². The van der Waals surface area contributed by atoms with Gasteiger partial charge in [-0.25, -0.2) is 9.97 Å². The Morgan fingerprint density at radius 1 is 0.865 bits per heavy atom. The van der Waals surface area contributed by atoms with E-state index in [0.717, 1.165) is 40.8 Å². The summed E-state index contributed by atoms with van der Waals surface area (Å²) < 4.78 is 9.31. The van der Waals surface area contributed by atoms with Crippen LogP contribution in [0.5, 0.6) is 0 Å². The zero-order chi connectivity index (χ0) is 27.4. The first kappa shape index (κ1) is 29.8. The number of aromatic nitrogens is 5. The van der Waals surface area contributed by atoms with Gasteiger partial charge in [0.1, 0.15) is 12.0 Å². The number of fused-ring (bicyclic) bond motifs is 2. The Hall–Kier alpha value is -3.45. The highest BCUT2D eigenvalue weighted by atomic mass is 16.5. The summed E-state index contributed by atoms with van der Waals surface area (Å²) in [6, 6.07) is 13.1. The fourth-order valence-electron chi connectivity index (χ4n) is 4.02. The molecule has 0 radical (unpaired) electrons. The van der Waals surface area contributed by atoms with E-state index in [-0.39, 0.29) is 0 Å². The standard InChI is InChI=1S/C13H13N3O.C13H19N3.2C2H6/c1-9-3-4-11-13(5-9)16(8-14-11)6-12-10(2)7-17-15-12;1-4-11(8-14-3)16-9-15-12-6-5-10(2)7-13(12)16;2*1-2/h3-5,7-8H,6H2,1-2H3;5-7,9,11,14H,4,8H2,1-3H3;2*1-2H3/t;11-;;/m.0../s1. The van der Waals surface area contributed by atoms with E-state index < -0.39 is 0 Å². The van der Waals surface area contributed by atoms with Crippen LogP contribution in [0, 0.1) is 20.8 Å². The predicted octanol–water partition coefficient (Wildman–Crippen LogP) is 7.26. The van der Waals surface area contributed by atoms with E-state index in [2.05, 4.69) is 80.7 Å². The monoisotopic (exact) mass is 504 g/mol. The third-order valence-corrected chi connectivity index (χ3v) is 5.98. The topological polar surface area (TPSA) is 73.7 Å². The molecule has 1 N–H and O–H groups in total. The Balaban J connectivity index is 0.000000230. The number of hydrogen-bond donors (Lipinski definition) is 1. The van der Waals surface area contributed by atoms with Crippen molar-refractivity contribution in [1.82, 2.24) is 29.6 Å². The molecule has 7 nitrogen and oxygen atoms in total. The zero-order valence-electron chi connectivity index (χ0n) is 24.0. The summed E-state index contributed by atoms with van der Waals surface area (Å²) in [6.45, 7) is 18.1. The van der Waals surface area contributed by atoms with Gasteiger partial charge in [-0.05, 0) is 69.6 Å². The number of imidazole rings is 2. The van der Waals surface area contributed by atoms with E-state index in [1.807, 2.05) is 60.4 Å². The van der Waals surface area contributed by atoms with Crippen molar-refractivity contribution >= 4 is 22.1 Å². The van der Waals surface area contributed by atoms with Crippen molar-refractivity contribution in [3.8, 4) is 0 Å². The zero-order valence-corrected chi connectivity index (χ0v) is 24.0. The van der Waals surface area contributed by atoms with Crippen molar-refractivity contribution in [2.24, 2.45) is 0 Å². The van der Waals surface area contributed by atoms with Gasteiger partial charge < -0.3 is 19.0 Å². The maximum absolute atomic E-state index is 4.95. The van der Waals surface area contributed by atoms with Gasteiger partial charge in [0.2, 0.25) is 0 Å². The first-order chi connectivity index (χ1) is 18.0. The molecule has 0 saturated carbocycles. The SMILES string of the molecule is CC.CC.CC[C@@H](CNC)n1cnc2ccc(C)cc21.Cc1ccc2ncn(Cc3nocc3C)c2c1. The lowest BCUT2D eigenvalue weighted by atomic mass is 10.2. The van der Waals surface area contributed by atoms with E-state index in [0.29, 0.717) is 12.6 Å². The van der Waals surface area contributed by atoms with Gasteiger partial charge in [0.05, 0.1) is 41.3 Å². The van der Waals surface area contributed by atoms with Crippen LogP contribution in [0.2, 0.25) is 0 Å². The fourth-order valence-corrected chi connectivity index (χ4v) is 4.02. The lowest BCUT2D eigenvalue weighted by Crippen LogP contribution is -2.21. The molecule has 1 atom stereocenters.